The van der Waals surface area contributed by atoms with Crippen molar-refractivity contribution in [3.8, 4) is 0 Å². The van der Waals surface area contributed by atoms with Crippen LogP contribution in [0.1, 0.15) is 5.56 Å². The molecule has 1 rings (SSSR count). The van der Waals surface area contributed by atoms with Gasteiger partial charge in [0, 0.05) is 6.42 Å². The second-order valence-electron chi connectivity index (χ2n) is 3.03. The van der Waals surface area contributed by atoms with Gasteiger partial charge in [-0.15, -0.1) is 0 Å². The van der Waals surface area contributed by atoms with Crippen molar-refractivity contribution in [3.05, 3.63) is 35.9 Å². The van der Waals surface area contributed by atoms with Crippen molar-refractivity contribution >= 4 is 12.1 Å². The first-order chi connectivity index (χ1) is 7.09. The molecule has 1 unspecified atom stereocenters. The lowest BCUT2D eigenvalue weighted by molar-refractivity contribution is -0.139. The van der Waals surface area contributed by atoms with Crippen LogP contribution < -0.4 is 5.32 Å². The zero-order chi connectivity index (χ0) is 11.3. The number of hydrogen-bond acceptors (Lipinski definition) is 2. The molecule has 0 saturated carbocycles. The van der Waals surface area contributed by atoms with Crippen LogP contribution in [0.4, 0.5) is 4.79 Å². The van der Waals surface area contributed by atoms with Gasteiger partial charge in [0.05, 0.1) is 0 Å². The summed E-state index contributed by atoms with van der Waals surface area (Å²) in [6.07, 6.45) is -1.19. The normalized spacial score (nSPS) is 11.7. The van der Waals surface area contributed by atoms with E-state index in [4.69, 9.17) is 10.2 Å². The van der Waals surface area contributed by atoms with Crippen molar-refractivity contribution in [2.24, 2.45) is 0 Å². The van der Waals surface area contributed by atoms with Crippen LogP contribution in [0.2, 0.25) is 0 Å². The van der Waals surface area contributed by atoms with Gasteiger partial charge in [-0.05, 0) is 5.56 Å². The minimum atomic E-state index is -1.33. The zero-order valence-corrected chi connectivity index (χ0v) is 7.88. The molecule has 1 atom stereocenters. The molecule has 1 aromatic carbocycles. The van der Waals surface area contributed by atoms with E-state index < -0.39 is 18.1 Å². The summed E-state index contributed by atoms with van der Waals surface area (Å²) in [4.78, 5) is 21.0. The second-order valence-corrected chi connectivity index (χ2v) is 3.03. The summed E-state index contributed by atoms with van der Waals surface area (Å²) in [5, 5.41) is 19.1. The van der Waals surface area contributed by atoms with Crippen LogP contribution >= 0.6 is 0 Å². The molecule has 0 aliphatic carbocycles. The van der Waals surface area contributed by atoms with Crippen LogP contribution in [0.5, 0.6) is 0 Å². The third-order valence-corrected chi connectivity index (χ3v) is 1.88. The SMILES string of the molecule is O=C(O)NC(Cc1ccccc1)C(=O)O. The van der Waals surface area contributed by atoms with Crippen molar-refractivity contribution in [2.75, 3.05) is 0 Å². The number of amides is 1. The molecule has 0 spiro atoms. The molecule has 0 aromatic heterocycles. The summed E-state index contributed by atoms with van der Waals surface area (Å²) in [6.45, 7) is 0. The number of rotatable bonds is 4. The molecule has 0 saturated heterocycles. The molecule has 3 N–H and O–H groups in total. The van der Waals surface area contributed by atoms with E-state index in [0.29, 0.717) is 0 Å². The van der Waals surface area contributed by atoms with Gasteiger partial charge >= 0.3 is 12.1 Å². The Hall–Kier alpha value is -2.04. The number of aliphatic carboxylic acids is 1. The van der Waals surface area contributed by atoms with Crippen LogP contribution in [0.25, 0.3) is 0 Å². The molecule has 80 valence electrons. The molecule has 15 heavy (non-hydrogen) atoms. The Morgan fingerprint density at radius 2 is 1.80 bits per heavy atom. The van der Waals surface area contributed by atoms with Gasteiger partial charge in [0.2, 0.25) is 0 Å². The van der Waals surface area contributed by atoms with Gasteiger partial charge in [-0.3, -0.25) is 0 Å². The van der Waals surface area contributed by atoms with E-state index >= 15 is 0 Å². The highest BCUT2D eigenvalue weighted by Crippen LogP contribution is 2.03. The Morgan fingerprint density at radius 1 is 1.20 bits per heavy atom. The molecular formula is C10H11NO4. The van der Waals surface area contributed by atoms with Gasteiger partial charge in [0.1, 0.15) is 6.04 Å². The molecule has 0 aliphatic heterocycles. The van der Waals surface area contributed by atoms with Crippen molar-refractivity contribution in [3.63, 3.8) is 0 Å². The highest BCUT2D eigenvalue weighted by Gasteiger charge is 2.19. The number of carboxylic acid groups (broad SMARTS) is 2. The van der Waals surface area contributed by atoms with Crippen molar-refractivity contribution in [1.29, 1.82) is 0 Å². The van der Waals surface area contributed by atoms with E-state index in [2.05, 4.69) is 0 Å². The first-order valence-electron chi connectivity index (χ1n) is 4.36. The zero-order valence-electron chi connectivity index (χ0n) is 7.88. The fourth-order valence-corrected chi connectivity index (χ4v) is 1.20. The number of hydrogen-bond donors (Lipinski definition) is 3. The lowest BCUT2D eigenvalue weighted by Gasteiger charge is -2.11. The van der Waals surface area contributed by atoms with Crippen molar-refractivity contribution in [1.82, 2.24) is 5.32 Å². The van der Waals surface area contributed by atoms with Crippen molar-refractivity contribution < 1.29 is 19.8 Å². The summed E-state index contributed by atoms with van der Waals surface area (Å²) in [5.41, 5.74) is 0.777. The number of benzene rings is 1. The Balaban J connectivity index is 2.67. The van der Waals surface area contributed by atoms with Gasteiger partial charge in [0.25, 0.3) is 0 Å². The molecule has 0 fully saturated rings. The van der Waals surface area contributed by atoms with E-state index in [1.807, 2.05) is 11.4 Å². The maximum absolute atomic E-state index is 10.7. The number of nitrogens with one attached hydrogen (secondary N) is 1. The summed E-state index contributed by atoms with van der Waals surface area (Å²) < 4.78 is 0. The maximum Gasteiger partial charge on any atom is 0.405 e. The quantitative estimate of drug-likeness (QED) is 0.689. The van der Waals surface area contributed by atoms with Gasteiger partial charge in [-0.25, -0.2) is 9.59 Å². The molecule has 1 aromatic rings. The summed E-state index contributed by atoms with van der Waals surface area (Å²) in [7, 11) is 0. The molecule has 1 amide bonds. The summed E-state index contributed by atoms with van der Waals surface area (Å²) in [6, 6.07) is 7.75. The topological polar surface area (TPSA) is 86.6 Å². The van der Waals surface area contributed by atoms with Gasteiger partial charge in [-0.2, -0.15) is 0 Å². The highest BCUT2D eigenvalue weighted by atomic mass is 16.4. The molecular weight excluding hydrogens is 198 g/mol. The van der Waals surface area contributed by atoms with Crippen LogP contribution in [0.15, 0.2) is 30.3 Å². The summed E-state index contributed by atoms with van der Waals surface area (Å²) >= 11 is 0. The van der Waals surface area contributed by atoms with Crippen molar-refractivity contribution in [2.45, 2.75) is 12.5 Å². The van der Waals surface area contributed by atoms with E-state index in [9.17, 15) is 9.59 Å². The van der Waals surface area contributed by atoms with Crippen LogP contribution in [-0.2, 0) is 11.2 Å². The molecule has 0 bridgehead atoms. The maximum atomic E-state index is 10.7. The van der Waals surface area contributed by atoms with E-state index in [0.717, 1.165) is 5.56 Å². The minimum absolute atomic E-state index is 0.141. The van der Waals surface area contributed by atoms with Gasteiger partial charge in [-0.1, -0.05) is 30.3 Å². The van der Waals surface area contributed by atoms with E-state index in [-0.39, 0.29) is 6.42 Å². The molecule has 0 aliphatic rings. The molecule has 0 heterocycles. The second kappa shape index (κ2) is 4.99. The Bertz CT molecular complexity index is 350. The third-order valence-electron chi connectivity index (χ3n) is 1.88. The van der Waals surface area contributed by atoms with E-state index in [1.165, 1.54) is 0 Å². The van der Waals surface area contributed by atoms with E-state index in [1.54, 1.807) is 24.3 Å². The fourth-order valence-electron chi connectivity index (χ4n) is 1.20. The standard InChI is InChI=1S/C10H11NO4/c12-9(13)8(11-10(14)15)6-7-4-2-1-3-5-7/h1-5,8,11H,6H2,(H,12,13)(H,14,15). The van der Waals surface area contributed by atoms with Crippen LogP contribution in [0, 0.1) is 0 Å². The van der Waals surface area contributed by atoms with Gasteiger partial charge < -0.3 is 15.5 Å². The summed E-state index contributed by atoms with van der Waals surface area (Å²) in [5.74, 6) is -1.18. The lowest BCUT2D eigenvalue weighted by atomic mass is 10.1. The van der Waals surface area contributed by atoms with Crippen LogP contribution in [0.3, 0.4) is 0 Å². The Labute approximate surface area is 86.4 Å². The highest BCUT2D eigenvalue weighted by molar-refractivity contribution is 5.79. The average Bonchev–Trinajstić information content (AvgIpc) is 2.17. The lowest BCUT2D eigenvalue weighted by Crippen LogP contribution is -2.41. The molecule has 5 nitrogen and oxygen atoms in total. The van der Waals surface area contributed by atoms with Crippen LogP contribution in [-0.4, -0.2) is 28.3 Å². The average molecular weight is 209 g/mol. The Kier molecular flexibility index (Phi) is 3.68. The smallest absolute Gasteiger partial charge is 0.405 e. The molecule has 5 heteroatoms. The number of carbonyl (C=O) groups is 2. The first-order valence-corrected chi connectivity index (χ1v) is 4.36. The Morgan fingerprint density at radius 3 is 2.27 bits per heavy atom. The van der Waals surface area contributed by atoms with Gasteiger partial charge in [0.15, 0.2) is 0 Å². The third kappa shape index (κ3) is 3.68. The fraction of sp³-hybridized carbons (Fsp3) is 0.200. The minimum Gasteiger partial charge on any atom is -0.480 e. The largest absolute Gasteiger partial charge is 0.480 e. The predicted octanol–water partition coefficient (Wildman–Crippen LogP) is 0.950. The predicted molar refractivity (Wildman–Crippen MR) is 52.7 cm³/mol. The monoisotopic (exact) mass is 209 g/mol. The number of carboxylic acids is 1. The molecule has 0 radical (unpaired) electrons. The first kappa shape index (κ1) is 11.0.